The van der Waals surface area contributed by atoms with Crippen molar-refractivity contribution in [2.75, 3.05) is 32.1 Å². The van der Waals surface area contributed by atoms with Crippen molar-refractivity contribution in [2.24, 2.45) is 5.92 Å². The summed E-state index contributed by atoms with van der Waals surface area (Å²) in [6, 6.07) is 13.6. The zero-order valence-electron chi connectivity index (χ0n) is 23.8. The number of likely N-dealkylation sites (N-methyl/N-ethyl adjacent to an activating group) is 1. The molecule has 1 aliphatic rings. The number of ether oxygens (including phenoxy) is 1. The molecule has 0 aliphatic carbocycles. The highest BCUT2D eigenvalue weighted by Crippen LogP contribution is 2.32. The predicted molar refractivity (Wildman–Crippen MR) is 152 cm³/mol. The van der Waals surface area contributed by atoms with Crippen LogP contribution in [0, 0.1) is 19.8 Å². The lowest BCUT2D eigenvalue weighted by Gasteiger charge is -2.38. The summed E-state index contributed by atoms with van der Waals surface area (Å²) in [6.07, 6.45) is -0.476. The number of nitrogens with zero attached hydrogens (tertiary/aromatic N) is 3. The summed E-state index contributed by atoms with van der Waals surface area (Å²) in [5, 5.41) is 16.5. The molecule has 2 amide bonds. The maximum absolute atomic E-state index is 13.7. The minimum atomic E-state index is -3.94. The van der Waals surface area contributed by atoms with E-state index in [2.05, 4.69) is 10.5 Å². The number of carbonyl (C=O) groups is 2. The number of rotatable bonds is 9. The van der Waals surface area contributed by atoms with Crippen LogP contribution >= 0.6 is 0 Å². The summed E-state index contributed by atoms with van der Waals surface area (Å²) in [4.78, 5) is 27.9. The normalized spacial score (nSPS) is 18.3. The van der Waals surface area contributed by atoms with E-state index in [0.29, 0.717) is 5.69 Å². The van der Waals surface area contributed by atoms with Crippen molar-refractivity contribution in [3.05, 3.63) is 71.1 Å². The van der Waals surface area contributed by atoms with E-state index in [4.69, 9.17) is 9.26 Å². The van der Waals surface area contributed by atoms with Crippen LogP contribution < -0.4 is 10.1 Å². The maximum atomic E-state index is 13.7. The van der Waals surface area contributed by atoms with Crippen LogP contribution in [-0.4, -0.2) is 78.6 Å². The molecule has 4 rings (SSSR count). The summed E-state index contributed by atoms with van der Waals surface area (Å²) in [5.41, 5.74) is 1.74. The second kappa shape index (κ2) is 12.4. The van der Waals surface area contributed by atoms with E-state index < -0.39 is 22.2 Å². The molecular weight excluding hydrogens is 548 g/mol. The van der Waals surface area contributed by atoms with Crippen LogP contribution in [0.1, 0.15) is 41.2 Å². The first-order valence-electron chi connectivity index (χ1n) is 13.4. The number of hydrogen-bond acceptors (Lipinski definition) is 8. The van der Waals surface area contributed by atoms with Gasteiger partial charge in [-0.1, -0.05) is 42.4 Å². The van der Waals surface area contributed by atoms with E-state index in [9.17, 15) is 23.1 Å². The molecule has 1 aliphatic heterocycles. The van der Waals surface area contributed by atoms with Crippen molar-refractivity contribution in [1.29, 1.82) is 0 Å². The number of anilines is 1. The first-order valence-corrected chi connectivity index (χ1v) is 14.8. The summed E-state index contributed by atoms with van der Waals surface area (Å²) in [5.74, 6) is -0.447. The minimum absolute atomic E-state index is 0.0143. The van der Waals surface area contributed by atoms with Gasteiger partial charge in [-0.15, -0.1) is 0 Å². The molecule has 0 spiro atoms. The number of aryl methyl sites for hydroxylation is 2. The van der Waals surface area contributed by atoms with E-state index in [1.165, 1.54) is 11.4 Å². The molecule has 0 fully saturated rings. The predicted octanol–water partition coefficient (Wildman–Crippen LogP) is 3.01. The quantitative estimate of drug-likeness (QED) is 0.391. The van der Waals surface area contributed by atoms with Crippen molar-refractivity contribution in [3.8, 4) is 5.75 Å². The van der Waals surface area contributed by atoms with E-state index in [1.54, 1.807) is 43.9 Å². The first-order chi connectivity index (χ1) is 19.4. The molecule has 3 atom stereocenters. The van der Waals surface area contributed by atoms with Gasteiger partial charge < -0.3 is 24.6 Å². The Balaban J connectivity index is 1.63. The molecule has 2 aromatic carbocycles. The Bertz CT molecular complexity index is 1490. The number of hydrogen-bond donors (Lipinski definition) is 2. The van der Waals surface area contributed by atoms with Crippen LogP contribution in [-0.2, 0) is 21.2 Å². The van der Waals surface area contributed by atoms with Crippen molar-refractivity contribution < 1.29 is 32.4 Å². The van der Waals surface area contributed by atoms with Crippen LogP contribution in [0.4, 0.5) is 5.69 Å². The van der Waals surface area contributed by atoms with Gasteiger partial charge >= 0.3 is 0 Å². The van der Waals surface area contributed by atoms with Gasteiger partial charge in [-0.05, 0) is 44.5 Å². The molecule has 0 saturated heterocycles. The second-order valence-electron chi connectivity index (χ2n) is 10.5. The lowest BCUT2D eigenvalue weighted by atomic mass is 9.99. The summed E-state index contributed by atoms with van der Waals surface area (Å²) >= 11 is 0. The summed E-state index contributed by atoms with van der Waals surface area (Å²) in [6.45, 7) is 6.66. The topological polar surface area (TPSA) is 142 Å². The van der Waals surface area contributed by atoms with Crippen LogP contribution in [0.15, 0.2) is 57.9 Å². The molecule has 220 valence electrons. The fraction of sp³-hybridized carbons (Fsp3) is 0.414. The van der Waals surface area contributed by atoms with Crippen LogP contribution in [0.2, 0.25) is 0 Å². The van der Waals surface area contributed by atoms with E-state index in [1.807, 2.05) is 37.3 Å². The number of aliphatic hydroxyl groups excluding tert-OH is 1. The molecule has 1 aromatic heterocycles. The maximum Gasteiger partial charge on any atom is 0.258 e. The number of benzene rings is 2. The number of aromatic nitrogens is 1. The molecule has 2 heterocycles. The molecule has 41 heavy (non-hydrogen) atoms. The van der Waals surface area contributed by atoms with Gasteiger partial charge in [-0.2, -0.15) is 4.31 Å². The number of fused-ring (bicyclic) bond motifs is 1. The Hall–Kier alpha value is -3.74. The van der Waals surface area contributed by atoms with Crippen LogP contribution in [0.25, 0.3) is 0 Å². The van der Waals surface area contributed by atoms with Gasteiger partial charge in [0.15, 0.2) is 5.76 Å². The highest BCUT2D eigenvalue weighted by Gasteiger charge is 2.36. The lowest BCUT2D eigenvalue weighted by Crippen LogP contribution is -2.50. The zero-order valence-corrected chi connectivity index (χ0v) is 24.6. The molecule has 11 nitrogen and oxygen atoms in total. The number of aliphatic hydroxyl groups is 1. The summed E-state index contributed by atoms with van der Waals surface area (Å²) in [7, 11) is -2.48. The number of sulfonamides is 1. The van der Waals surface area contributed by atoms with Gasteiger partial charge in [0, 0.05) is 25.2 Å². The largest absolute Gasteiger partial charge is 0.488 e. The Morgan fingerprint density at radius 3 is 2.56 bits per heavy atom. The Labute approximate surface area is 240 Å². The average Bonchev–Trinajstić information content (AvgIpc) is 3.29. The fourth-order valence-electron chi connectivity index (χ4n) is 4.85. The molecule has 3 aromatic rings. The molecule has 0 saturated carbocycles. The third-order valence-electron chi connectivity index (χ3n) is 7.23. The van der Waals surface area contributed by atoms with Crippen LogP contribution in [0.3, 0.4) is 0 Å². The SMILES string of the molecule is Cc1noc(C)c1S(=O)(=O)N(C)CC1Oc2ccc(NC(=O)Cc3ccccc3)cc2C(=O)N(C(C)CO)CC1C. The van der Waals surface area contributed by atoms with Gasteiger partial charge in [-0.25, -0.2) is 8.42 Å². The molecule has 12 heteroatoms. The van der Waals surface area contributed by atoms with Gasteiger partial charge in [0.2, 0.25) is 15.9 Å². The van der Waals surface area contributed by atoms with Gasteiger partial charge in [0.05, 0.1) is 31.2 Å². The van der Waals surface area contributed by atoms with Gasteiger partial charge in [0.25, 0.3) is 5.91 Å². The number of carbonyl (C=O) groups excluding carboxylic acids is 2. The van der Waals surface area contributed by atoms with Crippen molar-refractivity contribution in [1.82, 2.24) is 14.4 Å². The van der Waals surface area contributed by atoms with E-state index in [0.717, 1.165) is 5.56 Å². The van der Waals surface area contributed by atoms with Crippen molar-refractivity contribution in [2.45, 2.75) is 51.2 Å². The molecule has 2 N–H and O–H groups in total. The number of nitrogens with one attached hydrogen (secondary N) is 1. The van der Waals surface area contributed by atoms with Crippen molar-refractivity contribution in [3.63, 3.8) is 0 Å². The Kier molecular flexibility index (Phi) is 9.15. The zero-order chi connectivity index (χ0) is 29.9. The molecule has 0 bridgehead atoms. The molecular formula is C29H36N4O7S. The van der Waals surface area contributed by atoms with Gasteiger partial charge in [-0.3, -0.25) is 9.59 Å². The Morgan fingerprint density at radius 1 is 1.22 bits per heavy atom. The third-order valence-corrected chi connectivity index (χ3v) is 9.30. The highest BCUT2D eigenvalue weighted by atomic mass is 32.2. The van der Waals surface area contributed by atoms with Crippen LogP contribution in [0.5, 0.6) is 5.75 Å². The minimum Gasteiger partial charge on any atom is -0.488 e. The lowest BCUT2D eigenvalue weighted by molar-refractivity contribution is -0.115. The summed E-state index contributed by atoms with van der Waals surface area (Å²) < 4.78 is 39.4. The second-order valence-corrected chi connectivity index (χ2v) is 12.5. The average molecular weight is 585 g/mol. The van der Waals surface area contributed by atoms with Gasteiger partial charge in [0.1, 0.15) is 22.4 Å². The monoisotopic (exact) mass is 584 g/mol. The van der Waals surface area contributed by atoms with Crippen molar-refractivity contribution >= 4 is 27.5 Å². The first kappa shape index (κ1) is 30.2. The standard InChI is InChI=1S/C29H36N4O7S/c1-18-15-33(19(2)17-34)29(36)24-14-23(30-27(35)13-22-9-7-6-8-10-22)11-12-25(24)39-26(18)16-32(5)41(37,38)28-20(3)31-40-21(28)4/h6-12,14,18-19,26,34H,13,15-17H2,1-5H3,(H,30,35). The van der Waals surface area contributed by atoms with E-state index in [-0.39, 0.29) is 71.5 Å². The molecule has 3 unspecified atom stereocenters. The smallest absolute Gasteiger partial charge is 0.258 e. The number of amides is 2. The highest BCUT2D eigenvalue weighted by molar-refractivity contribution is 7.89. The Morgan fingerprint density at radius 2 is 1.93 bits per heavy atom. The van der Waals surface area contributed by atoms with E-state index >= 15 is 0 Å². The fourth-order valence-corrected chi connectivity index (χ4v) is 6.32. The third kappa shape index (κ3) is 6.61. The molecule has 0 radical (unpaired) electrons.